The molecule has 2 aliphatic heterocycles. The van der Waals surface area contributed by atoms with Gasteiger partial charge in [0.2, 0.25) is 6.10 Å². The normalized spacial score (nSPS) is 42.4. The maximum atomic E-state index is 13.0. The first kappa shape index (κ1) is 23.0. The Morgan fingerprint density at radius 1 is 1.22 bits per heavy atom. The van der Waals surface area contributed by atoms with E-state index >= 15 is 0 Å². The molecule has 7 unspecified atom stereocenters. The van der Waals surface area contributed by atoms with Crippen LogP contribution >= 0.6 is 0 Å². The van der Waals surface area contributed by atoms with E-state index in [-0.39, 0.29) is 25.2 Å². The van der Waals surface area contributed by atoms with Crippen molar-refractivity contribution in [1.29, 1.82) is 0 Å². The topological polar surface area (TPSA) is 116 Å². The number of carbonyl (C=O) groups is 4. The number of ether oxygens (including phenoxy) is 3. The molecule has 0 aromatic heterocycles. The molecule has 2 aliphatic carbocycles. The second kappa shape index (κ2) is 7.97. The minimum atomic E-state index is -1.85. The average Bonchev–Trinajstić information content (AvgIpc) is 2.93. The van der Waals surface area contributed by atoms with E-state index in [9.17, 15) is 24.3 Å². The van der Waals surface area contributed by atoms with Crippen LogP contribution in [-0.2, 0) is 33.4 Å². The highest BCUT2D eigenvalue weighted by molar-refractivity contribution is 5.95. The highest BCUT2D eigenvalue weighted by atomic mass is 16.6. The van der Waals surface area contributed by atoms with Gasteiger partial charge in [-0.25, -0.2) is 9.59 Å². The number of aliphatic hydroxyl groups is 1. The van der Waals surface area contributed by atoms with Gasteiger partial charge in [-0.15, -0.1) is 0 Å². The van der Waals surface area contributed by atoms with Crippen LogP contribution in [0.15, 0.2) is 12.2 Å². The van der Waals surface area contributed by atoms with Crippen molar-refractivity contribution in [1.82, 2.24) is 0 Å². The number of cyclic esters (lactones) is 1. The molecule has 2 saturated heterocycles. The standard InChI is InChI=1S/C24H32O8/c1-4-5-6-7-8-9-10-18(26)32-19-20(27)31-17-12-22(19)14(2)16(25)11-24(22,29)23(15(17)3)13-30-21(23)28/h9-10,14-15,17,19,29H,4-8,11-13H2,1-3H3. The van der Waals surface area contributed by atoms with Crippen LogP contribution in [0, 0.1) is 22.7 Å². The van der Waals surface area contributed by atoms with E-state index in [1.807, 2.05) is 0 Å². The summed E-state index contributed by atoms with van der Waals surface area (Å²) in [5, 5.41) is 12.0. The van der Waals surface area contributed by atoms with Crippen LogP contribution in [0.2, 0.25) is 0 Å². The van der Waals surface area contributed by atoms with Crippen molar-refractivity contribution in [2.75, 3.05) is 6.61 Å². The molecule has 4 fully saturated rings. The number of ketones is 1. The zero-order valence-electron chi connectivity index (χ0n) is 18.9. The van der Waals surface area contributed by atoms with Crippen LogP contribution in [0.25, 0.3) is 0 Å². The Kier molecular flexibility index (Phi) is 5.72. The van der Waals surface area contributed by atoms with Crippen LogP contribution in [-0.4, -0.2) is 53.2 Å². The predicted octanol–water partition coefficient (Wildman–Crippen LogP) is 2.26. The number of hydrogen-bond acceptors (Lipinski definition) is 8. The molecule has 32 heavy (non-hydrogen) atoms. The Balaban J connectivity index is 1.64. The lowest BCUT2D eigenvalue weighted by Gasteiger charge is -2.66. The van der Waals surface area contributed by atoms with E-state index in [0.717, 1.165) is 25.7 Å². The van der Waals surface area contributed by atoms with Crippen molar-refractivity contribution in [2.24, 2.45) is 22.7 Å². The fraction of sp³-hybridized carbons (Fsp3) is 0.750. The summed E-state index contributed by atoms with van der Waals surface area (Å²) in [6.45, 7) is 5.43. The first-order chi connectivity index (χ1) is 15.2. The SMILES string of the molecule is CCCCCCC=CC(=O)OC1C(=O)OC2CC13C(C)C(=O)CC3(O)C1(COC1=O)C2C. The zero-order valence-corrected chi connectivity index (χ0v) is 18.9. The van der Waals surface area contributed by atoms with Gasteiger partial charge in [-0.2, -0.15) is 0 Å². The molecule has 2 saturated carbocycles. The van der Waals surface area contributed by atoms with Gasteiger partial charge in [-0.1, -0.05) is 46.1 Å². The number of unbranched alkanes of at least 4 members (excludes halogenated alkanes) is 4. The molecule has 4 rings (SSSR count). The quantitative estimate of drug-likeness (QED) is 0.273. The molecular weight excluding hydrogens is 416 g/mol. The third kappa shape index (κ3) is 2.84. The number of Topliss-reactive ketones (excluding diaryl/α,β-unsaturated/α-hetero) is 1. The van der Waals surface area contributed by atoms with Gasteiger partial charge < -0.3 is 19.3 Å². The molecule has 0 aromatic carbocycles. The predicted molar refractivity (Wildman–Crippen MR) is 111 cm³/mol. The summed E-state index contributed by atoms with van der Waals surface area (Å²) in [5.74, 6) is -3.67. The lowest BCUT2D eigenvalue weighted by Crippen LogP contribution is -2.80. The van der Waals surface area contributed by atoms with Crippen molar-refractivity contribution in [2.45, 2.75) is 83.5 Å². The van der Waals surface area contributed by atoms with Crippen molar-refractivity contribution in [3.05, 3.63) is 12.2 Å². The number of rotatable bonds is 7. The second-order valence-corrected chi connectivity index (χ2v) is 9.85. The maximum Gasteiger partial charge on any atom is 0.348 e. The van der Waals surface area contributed by atoms with Gasteiger partial charge in [0, 0.05) is 24.3 Å². The van der Waals surface area contributed by atoms with Crippen LogP contribution in [0.4, 0.5) is 0 Å². The monoisotopic (exact) mass is 448 g/mol. The van der Waals surface area contributed by atoms with E-state index < -0.39 is 58.4 Å². The summed E-state index contributed by atoms with van der Waals surface area (Å²) in [6.07, 6.45) is 5.68. The number of fused-ring (bicyclic) bond motifs is 2. The van der Waals surface area contributed by atoms with Crippen molar-refractivity contribution in [3.8, 4) is 0 Å². The van der Waals surface area contributed by atoms with Gasteiger partial charge in [-0.3, -0.25) is 9.59 Å². The molecule has 176 valence electrons. The number of carbonyl (C=O) groups excluding carboxylic acids is 4. The van der Waals surface area contributed by atoms with Gasteiger partial charge in [0.05, 0.1) is 5.41 Å². The van der Waals surface area contributed by atoms with Crippen LogP contribution in [0.3, 0.4) is 0 Å². The largest absolute Gasteiger partial charge is 0.464 e. The van der Waals surface area contributed by atoms with Crippen LogP contribution in [0.1, 0.15) is 65.7 Å². The molecule has 2 heterocycles. The highest BCUT2D eigenvalue weighted by Crippen LogP contribution is 2.70. The van der Waals surface area contributed by atoms with Gasteiger partial charge in [-0.05, 0) is 19.3 Å². The smallest absolute Gasteiger partial charge is 0.348 e. The van der Waals surface area contributed by atoms with E-state index in [1.165, 1.54) is 6.08 Å². The minimum absolute atomic E-state index is 0.0579. The summed E-state index contributed by atoms with van der Waals surface area (Å²) in [6, 6.07) is 0. The summed E-state index contributed by atoms with van der Waals surface area (Å²) < 4.78 is 16.2. The summed E-state index contributed by atoms with van der Waals surface area (Å²) >= 11 is 0. The Bertz CT molecular complexity index is 864. The fourth-order valence-corrected chi connectivity index (χ4v) is 6.52. The fourth-order valence-electron chi connectivity index (χ4n) is 6.52. The molecule has 2 spiro atoms. The zero-order chi connectivity index (χ0) is 23.3. The maximum absolute atomic E-state index is 13.0. The number of esters is 3. The number of hydrogen-bond donors (Lipinski definition) is 1. The van der Waals surface area contributed by atoms with E-state index in [1.54, 1.807) is 19.9 Å². The summed E-state index contributed by atoms with van der Waals surface area (Å²) in [5.41, 5.74) is -4.65. The molecule has 8 heteroatoms. The summed E-state index contributed by atoms with van der Waals surface area (Å²) in [7, 11) is 0. The van der Waals surface area contributed by atoms with E-state index in [4.69, 9.17) is 14.2 Å². The second-order valence-electron chi connectivity index (χ2n) is 9.85. The molecule has 0 radical (unpaired) electrons. The Morgan fingerprint density at radius 2 is 1.97 bits per heavy atom. The third-order valence-electron chi connectivity index (χ3n) is 8.52. The molecule has 0 amide bonds. The molecule has 0 aromatic rings. The van der Waals surface area contributed by atoms with Gasteiger partial charge >= 0.3 is 17.9 Å². The Labute approximate surface area is 187 Å². The van der Waals surface area contributed by atoms with Gasteiger partial charge in [0.15, 0.2) is 0 Å². The molecule has 8 nitrogen and oxygen atoms in total. The Morgan fingerprint density at radius 3 is 2.59 bits per heavy atom. The molecule has 7 atom stereocenters. The molecule has 1 N–H and O–H groups in total. The van der Waals surface area contributed by atoms with Crippen molar-refractivity contribution >= 4 is 23.7 Å². The molecule has 4 aliphatic rings. The lowest BCUT2D eigenvalue weighted by molar-refractivity contribution is -0.322. The first-order valence-electron chi connectivity index (χ1n) is 11.7. The number of allylic oxidation sites excluding steroid dienone is 1. The van der Waals surface area contributed by atoms with Crippen LogP contribution in [0.5, 0.6) is 0 Å². The van der Waals surface area contributed by atoms with Crippen LogP contribution < -0.4 is 0 Å². The third-order valence-corrected chi connectivity index (χ3v) is 8.52. The van der Waals surface area contributed by atoms with E-state index in [2.05, 4.69) is 6.92 Å². The van der Waals surface area contributed by atoms with Gasteiger partial charge in [0.25, 0.3) is 0 Å². The van der Waals surface area contributed by atoms with Crippen molar-refractivity contribution < 1.29 is 38.5 Å². The Hall–Kier alpha value is -2.22. The van der Waals surface area contributed by atoms with Crippen molar-refractivity contribution in [3.63, 3.8) is 0 Å². The molecular formula is C24H32O8. The van der Waals surface area contributed by atoms with E-state index in [0.29, 0.717) is 6.42 Å². The minimum Gasteiger partial charge on any atom is -0.464 e. The first-order valence-corrected chi connectivity index (χ1v) is 11.7. The average molecular weight is 449 g/mol. The highest BCUT2D eigenvalue weighted by Gasteiger charge is 2.85. The molecule has 2 bridgehead atoms. The van der Waals surface area contributed by atoms with Gasteiger partial charge in [0.1, 0.15) is 29.5 Å². The summed E-state index contributed by atoms with van der Waals surface area (Å²) in [4.78, 5) is 51.2. The lowest BCUT2D eigenvalue weighted by atomic mass is 9.43.